The smallest absolute Gasteiger partial charge is 0.323 e. The highest BCUT2D eigenvalue weighted by Gasteiger charge is 2.46. The Morgan fingerprint density at radius 1 is 1.03 bits per heavy atom. The lowest BCUT2D eigenvalue weighted by Gasteiger charge is -2.38. The average Bonchev–Trinajstić information content (AvgIpc) is 3.22. The lowest BCUT2D eigenvalue weighted by atomic mass is 9.84. The van der Waals surface area contributed by atoms with Crippen molar-refractivity contribution >= 4 is 23.3 Å². The summed E-state index contributed by atoms with van der Waals surface area (Å²) in [5.74, 6) is 0.712. The Morgan fingerprint density at radius 3 is 2.56 bits per heavy atom. The molecule has 3 N–H and O–H groups in total. The fourth-order valence-corrected chi connectivity index (χ4v) is 4.92. The topological polar surface area (TPSA) is 109 Å². The van der Waals surface area contributed by atoms with Crippen molar-refractivity contribution in [3.63, 3.8) is 0 Å². The van der Waals surface area contributed by atoms with E-state index in [0.717, 1.165) is 5.56 Å². The number of aliphatic hydroxyl groups excluding tert-OH is 1. The molecule has 0 saturated carbocycles. The summed E-state index contributed by atoms with van der Waals surface area (Å²) in [5.41, 5.74) is 2.30. The minimum Gasteiger partial charge on any atom is -0.487 e. The number of para-hydroxylation sites is 1. The number of carbonyl (C=O) groups excluding carboxylic acids is 2. The van der Waals surface area contributed by atoms with E-state index in [1.165, 1.54) is 0 Å². The number of hydrogen-bond acceptors (Lipinski definition) is 6. The maximum absolute atomic E-state index is 12.8. The lowest BCUT2D eigenvalue weighted by molar-refractivity contribution is -0.151. The molecule has 2 aromatic rings. The molecule has 0 aliphatic carbocycles. The zero-order chi connectivity index (χ0) is 23.5. The molecule has 34 heavy (non-hydrogen) atoms. The third kappa shape index (κ3) is 4.86. The van der Waals surface area contributed by atoms with Gasteiger partial charge in [0.2, 0.25) is 5.91 Å². The molecule has 2 aromatic carbocycles. The van der Waals surface area contributed by atoms with Gasteiger partial charge in [-0.3, -0.25) is 4.79 Å². The number of fused-ring (bicyclic) bond motifs is 3. The minimum atomic E-state index is -0.522. The maximum atomic E-state index is 12.8. The van der Waals surface area contributed by atoms with Gasteiger partial charge in [0.15, 0.2) is 0 Å². The van der Waals surface area contributed by atoms with Crippen LogP contribution in [0.4, 0.5) is 16.2 Å². The van der Waals surface area contributed by atoms with Crippen LogP contribution in [-0.2, 0) is 14.3 Å². The summed E-state index contributed by atoms with van der Waals surface area (Å²) in [7, 11) is 0. The zero-order valence-corrected chi connectivity index (χ0v) is 18.8. The number of morpholine rings is 1. The monoisotopic (exact) mass is 467 g/mol. The Labute approximate surface area is 198 Å². The number of nitrogens with zero attached hydrogens (tertiary/aromatic N) is 1. The molecule has 0 radical (unpaired) electrons. The van der Waals surface area contributed by atoms with E-state index in [-0.39, 0.29) is 43.1 Å². The number of urea groups is 1. The molecule has 3 aliphatic rings. The quantitative estimate of drug-likeness (QED) is 0.624. The van der Waals surface area contributed by atoms with E-state index in [4.69, 9.17) is 14.2 Å². The Bertz CT molecular complexity index is 1030. The largest absolute Gasteiger partial charge is 0.487 e. The van der Waals surface area contributed by atoms with Crippen LogP contribution >= 0.6 is 0 Å². The molecular weight excluding hydrogens is 438 g/mol. The van der Waals surface area contributed by atoms with Gasteiger partial charge < -0.3 is 34.9 Å². The summed E-state index contributed by atoms with van der Waals surface area (Å²) in [6.07, 6.45) is -0.313. The van der Waals surface area contributed by atoms with Crippen LogP contribution in [0, 0.1) is 0 Å². The second kappa shape index (κ2) is 10.0. The summed E-state index contributed by atoms with van der Waals surface area (Å²) >= 11 is 0. The van der Waals surface area contributed by atoms with Crippen molar-refractivity contribution in [3.05, 3.63) is 54.1 Å². The number of nitrogens with one attached hydrogen (secondary N) is 2. The van der Waals surface area contributed by atoms with Crippen LogP contribution in [0.3, 0.4) is 0 Å². The fourth-order valence-electron chi connectivity index (χ4n) is 4.92. The number of anilines is 2. The summed E-state index contributed by atoms with van der Waals surface area (Å²) in [4.78, 5) is 27.0. The van der Waals surface area contributed by atoms with Gasteiger partial charge in [-0.05, 0) is 36.8 Å². The van der Waals surface area contributed by atoms with E-state index in [2.05, 4.69) is 10.6 Å². The van der Waals surface area contributed by atoms with E-state index < -0.39 is 6.10 Å². The first-order valence-electron chi connectivity index (χ1n) is 11.7. The second-order valence-electron chi connectivity index (χ2n) is 8.80. The second-order valence-corrected chi connectivity index (χ2v) is 8.80. The van der Waals surface area contributed by atoms with Crippen molar-refractivity contribution < 1.29 is 28.9 Å². The molecule has 180 valence electrons. The third-order valence-corrected chi connectivity index (χ3v) is 6.55. The van der Waals surface area contributed by atoms with Crippen molar-refractivity contribution in [2.24, 2.45) is 0 Å². The SMILES string of the molecule is O=C(Nc1ccccc1)Nc1ccc2c(c1)[C@H]1C[C@H](CC(=O)N3CCOCC3)O[C@@H](CO)[C@H]1O2. The predicted octanol–water partition coefficient (Wildman–Crippen LogP) is 2.57. The van der Waals surface area contributed by atoms with Crippen LogP contribution in [-0.4, -0.2) is 73.2 Å². The summed E-state index contributed by atoms with van der Waals surface area (Å²) in [6.45, 7) is 2.09. The number of rotatable bonds is 5. The molecule has 0 aromatic heterocycles. The highest BCUT2D eigenvalue weighted by Crippen LogP contribution is 2.47. The number of aliphatic hydroxyl groups is 1. The van der Waals surface area contributed by atoms with Crippen LogP contribution in [0.15, 0.2) is 48.5 Å². The van der Waals surface area contributed by atoms with Crippen molar-refractivity contribution in [1.82, 2.24) is 4.90 Å². The first kappa shape index (κ1) is 22.6. The standard InChI is InChI=1S/C25H29N3O6/c29-15-22-24-20(13-18(33-22)14-23(30)28-8-10-32-11-9-28)19-12-17(6-7-21(19)34-24)27-25(31)26-16-4-2-1-3-5-16/h1-7,12,18,20,22,24,29H,8-11,13-15H2,(H2,26,27,31)/t18-,20-,22+,24+/m1/s1. The molecule has 2 fully saturated rings. The van der Waals surface area contributed by atoms with Crippen LogP contribution in [0.5, 0.6) is 5.75 Å². The van der Waals surface area contributed by atoms with Gasteiger partial charge in [0, 0.05) is 35.9 Å². The van der Waals surface area contributed by atoms with Gasteiger partial charge in [-0.15, -0.1) is 0 Å². The van der Waals surface area contributed by atoms with Gasteiger partial charge in [0.1, 0.15) is 18.0 Å². The molecule has 2 saturated heterocycles. The lowest BCUT2D eigenvalue weighted by Crippen LogP contribution is -2.48. The highest BCUT2D eigenvalue weighted by atomic mass is 16.6. The molecule has 3 heterocycles. The Kier molecular flexibility index (Phi) is 6.66. The average molecular weight is 468 g/mol. The van der Waals surface area contributed by atoms with E-state index >= 15 is 0 Å². The molecule has 9 nitrogen and oxygen atoms in total. The predicted molar refractivity (Wildman–Crippen MR) is 125 cm³/mol. The Balaban J connectivity index is 1.28. The molecule has 3 aliphatic heterocycles. The number of amides is 3. The van der Waals surface area contributed by atoms with Crippen LogP contribution in [0.1, 0.15) is 24.3 Å². The van der Waals surface area contributed by atoms with Gasteiger partial charge in [0.05, 0.1) is 32.3 Å². The van der Waals surface area contributed by atoms with Crippen molar-refractivity contribution in [2.45, 2.75) is 37.1 Å². The molecule has 5 rings (SSSR count). The number of carbonyl (C=O) groups is 2. The Morgan fingerprint density at radius 2 is 1.79 bits per heavy atom. The normalized spacial score (nSPS) is 25.6. The minimum absolute atomic E-state index is 0.0376. The van der Waals surface area contributed by atoms with Gasteiger partial charge in [-0.25, -0.2) is 4.79 Å². The molecule has 0 bridgehead atoms. The highest BCUT2D eigenvalue weighted by molar-refractivity contribution is 5.99. The summed E-state index contributed by atoms with van der Waals surface area (Å²) < 4.78 is 17.5. The fraction of sp³-hybridized carbons (Fsp3) is 0.440. The molecule has 9 heteroatoms. The van der Waals surface area contributed by atoms with E-state index in [1.807, 2.05) is 42.5 Å². The maximum Gasteiger partial charge on any atom is 0.323 e. The van der Waals surface area contributed by atoms with E-state index in [1.54, 1.807) is 11.0 Å². The van der Waals surface area contributed by atoms with Crippen molar-refractivity contribution in [2.75, 3.05) is 43.5 Å². The zero-order valence-electron chi connectivity index (χ0n) is 18.8. The number of benzene rings is 2. The number of ether oxygens (including phenoxy) is 3. The molecule has 0 spiro atoms. The van der Waals surface area contributed by atoms with E-state index in [9.17, 15) is 14.7 Å². The third-order valence-electron chi connectivity index (χ3n) is 6.55. The van der Waals surface area contributed by atoms with Gasteiger partial charge >= 0.3 is 6.03 Å². The van der Waals surface area contributed by atoms with E-state index in [0.29, 0.717) is 49.8 Å². The van der Waals surface area contributed by atoms with Crippen molar-refractivity contribution in [3.8, 4) is 5.75 Å². The Hall–Kier alpha value is -3.14. The first-order valence-corrected chi connectivity index (χ1v) is 11.7. The first-order chi connectivity index (χ1) is 16.6. The molecule has 3 amide bonds. The van der Waals surface area contributed by atoms with Gasteiger partial charge in [-0.2, -0.15) is 0 Å². The molecular formula is C25H29N3O6. The van der Waals surface area contributed by atoms with Crippen LogP contribution < -0.4 is 15.4 Å². The number of hydrogen-bond donors (Lipinski definition) is 3. The van der Waals surface area contributed by atoms with Crippen LogP contribution in [0.25, 0.3) is 0 Å². The van der Waals surface area contributed by atoms with Crippen molar-refractivity contribution in [1.29, 1.82) is 0 Å². The molecule has 4 atom stereocenters. The van der Waals surface area contributed by atoms with Crippen LogP contribution in [0.2, 0.25) is 0 Å². The van der Waals surface area contributed by atoms with Gasteiger partial charge in [0.25, 0.3) is 0 Å². The summed E-state index contributed by atoms with van der Waals surface area (Å²) in [5, 5.41) is 15.6. The summed E-state index contributed by atoms with van der Waals surface area (Å²) in [6, 6.07) is 14.4. The van der Waals surface area contributed by atoms with Gasteiger partial charge in [-0.1, -0.05) is 18.2 Å². The molecule has 0 unspecified atom stereocenters.